The third-order valence-corrected chi connectivity index (χ3v) is 3.46. The van der Waals surface area contributed by atoms with E-state index in [4.69, 9.17) is 0 Å². The van der Waals surface area contributed by atoms with Crippen LogP contribution in [-0.2, 0) is 0 Å². The SMILES string of the molecule is Cc1ccc(NC(C)c2ccc(F)cc2O)c(C)c1O. The van der Waals surface area contributed by atoms with Crippen molar-refractivity contribution < 1.29 is 14.6 Å². The molecule has 3 nitrogen and oxygen atoms in total. The molecule has 0 bridgehead atoms. The van der Waals surface area contributed by atoms with Gasteiger partial charge < -0.3 is 15.5 Å². The number of anilines is 1. The number of hydrogen-bond acceptors (Lipinski definition) is 3. The van der Waals surface area contributed by atoms with E-state index in [-0.39, 0.29) is 17.5 Å². The lowest BCUT2D eigenvalue weighted by atomic mass is 10.0. The zero-order valence-electron chi connectivity index (χ0n) is 11.7. The van der Waals surface area contributed by atoms with Crippen LogP contribution in [0.1, 0.15) is 29.7 Å². The lowest BCUT2D eigenvalue weighted by molar-refractivity contribution is 0.459. The first kappa shape index (κ1) is 14.2. The van der Waals surface area contributed by atoms with Crippen molar-refractivity contribution in [3.8, 4) is 11.5 Å². The maximum absolute atomic E-state index is 13.0. The maximum Gasteiger partial charge on any atom is 0.126 e. The van der Waals surface area contributed by atoms with E-state index in [2.05, 4.69) is 5.32 Å². The Kier molecular flexibility index (Phi) is 3.84. The topological polar surface area (TPSA) is 52.5 Å². The molecule has 0 amide bonds. The summed E-state index contributed by atoms with van der Waals surface area (Å²) in [4.78, 5) is 0. The molecule has 0 aliphatic carbocycles. The van der Waals surface area contributed by atoms with E-state index >= 15 is 0 Å². The van der Waals surface area contributed by atoms with E-state index in [9.17, 15) is 14.6 Å². The molecular formula is C16H18FNO2. The van der Waals surface area contributed by atoms with Gasteiger partial charge in [0, 0.05) is 22.9 Å². The third kappa shape index (κ3) is 2.69. The van der Waals surface area contributed by atoms with Gasteiger partial charge in [-0.15, -0.1) is 0 Å². The standard InChI is InChI=1S/C16H18FNO2/c1-9-4-7-14(10(2)16(9)20)18-11(3)13-6-5-12(17)8-15(13)19/h4-8,11,18-20H,1-3H3. The van der Waals surface area contributed by atoms with Crippen LogP contribution in [-0.4, -0.2) is 10.2 Å². The number of aryl methyl sites for hydroxylation is 1. The molecule has 2 rings (SSSR count). The summed E-state index contributed by atoms with van der Waals surface area (Å²) < 4.78 is 13.0. The largest absolute Gasteiger partial charge is 0.507 e. The van der Waals surface area contributed by atoms with Gasteiger partial charge >= 0.3 is 0 Å². The van der Waals surface area contributed by atoms with Gasteiger partial charge in [0.05, 0.1) is 6.04 Å². The summed E-state index contributed by atoms with van der Waals surface area (Å²) in [5, 5.41) is 22.9. The van der Waals surface area contributed by atoms with Crippen LogP contribution in [0.2, 0.25) is 0 Å². The highest BCUT2D eigenvalue weighted by atomic mass is 19.1. The van der Waals surface area contributed by atoms with Gasteiger partial charge in [0.1, 0.15) is 17.3 Å². The second kappa shape index (κ2) is 5.41. The number of phenols is 2. The number of nitrogens with one attached hydrogen (secondary N) is 1. The molecule has 0 saturated carbocycles. The molecule has 106 valence electrons. The molecule has 0 aliphatic heterocycles. The van der Waals surface area contributed by atoms with E-state index in [1.54, 1.807) is 6.07 Å². The van der Waals surface area contributed by atoms with Crippen molar-refractivity contribution in [1.82, 2.24) is 0 Å². The first-order valence-corrected chi connectivity index (χ1v) is 6.44. The van der Waals surface area contributed by atoms with E-state index in [0.717, 1.165) is 22.9 Å². The summed E-state index contributed by atoms with van der Waals surface area (Å²) >= 11 is 0. The minimum Gasteiger partial charge on any atom is -0.507 e. The molecule has 1 unspecified atom stereocenters. The van der Waals surface area contributed by atoms with Gasteiger partial charge in [-0.1, -0.05) is 12.1 Å². The Morgan fingerprint density at radius 2 is 1.80 bits per heavy atom. The van der Waals surface area contributed by atoms with Crippen LogP contribution in [0.3, 0.4) is 0 Å². The number of aromatic hydroxyl groups is 2. The van der Waals surface area contributed by atoms with Gasteiger partial charge in [0.2, 0.25) is 0 Å². The molecule has 2 aromatic carbocycles. The fourth-order valence-corrected chi connectivity index (χ4v) is 2.19. The van der Waals surface area contributed by atoms with Gasteiger partial charge in [-0.05, 0) is 38.5 Å². The van der Waals surface area contributed by atoms with Gasteiger partial charge in [-0.3, -0.25) is 0 Å². The van der Waals surface area contributed by atoms with Crippen molar-refractivity contribution in [2.75, 3.05) is 5.32 Å². The van der Waals surface area contributed by atoms with Gasteiger partial charge in [-0.2, -0.15) is 0 Å². The van der Waals surface area contributed by atoms with Crippen molar-refractivity contribution >= 4 is 5.69 Å². The van der Waals surface area contributed by atoms with Crippen molar-refractivity contribution in [2.24, 2.45) is 0 Å². The lowest BCUT2D eigenvalue weighted by Gasteiger charge is -2.19. The number of benzene rings is 2. The average molecular weight is 275 g/mol. The normalized spacial score (nSPS) is 12.2. The summed E-state index contributed by atoms with van der Waals surface area (Å²) in [6, 6.07) is 7.44. The second-order valence-corrected chi connectivity index (χ2v) is 4.97. The molecule has 2 aromatic rings. The Morgan fingerprint density at radius 1 is 1.10 bits per heavy atom. The summed E-state index contributed by atoms with van der Waals surface area (Å²) in [6.07, 6.45) is 0. The Morgan fingerprint density at radius 3 is 2.45 bits per heavy atom. The number of rotatable bonds is 3. The maximum atomic E-state index is 13.0. The fraction of sp³-hybridized carbons (Fsp3) is 0.250. The molecule has 0 spiro atoms. The van der Waals surface area contributed by atoms with E-state index in [1.165, 1.54) is 6.07 Å². The molecule has 0 radical (unpaired) electrons. The molecule has 0 saturated heterocycles. The van der Waals surface area contributed by atoms with E-state index in [0.29, 0.717) is 5.56 Å². The van der Waals surface area contributed by atoms with Gasteiger partial charge in [0.15, 0.2) is 0 Å². The molecule has 1 atom stereocenters. The fourth-order valence-electron chi connectivity index (χ4n) is 2.19. The Bertz CT molecular complexity index is 641. The average Bonchev–Trinajstić information content (AvgIpc) is 2.39. The number of halogens is 1. The van der Waals surface area contributed by atoms with Crippen LogP contribution in [0.15, 0.2) is 30.3 Å². The van der Waals surface area contributed by atoms with Crippen LogP contribution >= 0.6 is 0 Å². The summed E-state index contributed by atoms with van der Waals surface area (Å²) in [5.74, 6) is -0.299. The van der Waals surface area contributed by atoms with Crippen LogP contribution in [0.5, 0.6) is 11.5 Å². The van der Waals surface area contributed by atoms with Crippen molar-refractivity contribution in [2.45, 2.75) is 26.8 Å². The van der Waals surface area contributed by atoms with Gasteiger partial charge in [0.25, 0.3) is 0 Å². The highest BCUT2D eigenvalue weighted by molar-refractivity contribution is 5.60. The molecule has 0 fully saturated rings. The second-order valence-electron chi connectivity index (χ2n) is 4.97. The summed E-state index contributed by atoms with van der Waals surface area (Å²) in [7, 11) is 0. The molecule has 20 heavy (non-hydrogen) atoms. The molecule has 3 N–H and O–H groups in total. The predicted molar refractivity (Wildman–Crippen MR) is 77.7 cm³/mol. The first-order chi connectivity index (χ1) is 9.40. The molecule has 4 heteroatoms. The highest BCUT2D eigenvalue weighted by Gasteiger charge is 2.13. The molecule has 0 aromatic heterocycles. The zero-order chi connectivity index (χ0) is 14.9. The van der Waals surface area contributed by atoms with E-state index < -0.39 is 5.82 Å². The van der Waals surface area contributed by atoms with E-state index in [1.807, 2.05) is 32.9 Å². The lowest BCUT2D eigenvalue weighted by Crippen LogP contribution is -2.08. The smallest absolute Gasteiger partial charge is 0.126 e. The van der Waals surface area contributed by atoms with Crippen molar-refractivity contribution in [1.29, 1.82) is 0 Å². The summed E-state index contributed by atoms with van der Waals surface area (Å²) in [5.41, 5.74) is 2.94. The monoisotopic (exact) mass is 275 g/mol. The number of phenolic OH excluding ortho intramolecular Hbond substituents is 2. The minimum absolute atomic E-state index is 0.0843. The molecular weight excluding hydrogens is 257 g/mol. The van der Waals surface area contributed by atoms with Crippen LogP contribution in [0.25, 0.3) is 0 Å². The quantitative estimate of drug-likeness (QED) is 0.792. The van der Waals surface area contributed by atoms with Crippen molar-refractivity contribution in [3.05, 3.63) is 52.8 Å². The zero-order valence-corrected chi connectivity index (χ0v) is 11.7. The molecule has 0 aliphatic rings. The third-order valence-electron chi connectivity index (χ3n) is 3.46. The Hall–Kier alpha value is -2.23. The van der Waals surface area contributed by atoms with Crippen LogP contribution in [0, 0.1) is 19.7 Å². The summed E-state index contributed by atoms with van der Waals surface area (Å²) in [6.45, 7) is 5.52. The Balaban J connectivity index is 2.28. The number of hydrogen-bond donors (Lipinski definition) is 3. The Labute approximate surface area is 117 Å². The van der Waals surface area contributed by atoms with Crippen LogP contribution in [0.4, 0.5) is 10.1 Å². The molecule has 0 heterocycles. The van der Waals surface area contributed by atoms with Gasteiger partial charge in [-0.25, -0.2) is 4.39 Å². The highest BCUT2D eigenvalue weighted by Crippen LogP contribution is 2.32. The first-order valence-electron chi connectivity index (χ1n) is 6.44. The minimum atomic E-state index is -0.470. The van der Waals surface area contributed by atoms with Crippen molar-refractivity contribution in [3.63, 3.8) is 0 Å². The van der Waals surface area contributed by atoms with Crippen LogP contribution < -0.4 is 5.32 Å². The predicted octanol–water partition coefficient (Wildman–Crippen LogP) is 4.03.